The summed E-state index contributed by atoms with van der Waals surface area (Å²) in [5, 5.41) is 12.2. The van der Waals surface area contributed by atoms with Gasteiger partial charge in [-0.3, -0.25) is 4.79 Å². The number of aliphatic carboxylic acids is 1. The van der Waals surface area contributed by atoms with Crippen molar-refractivity contribution in [2.75, 3.05) is 13.2 Å². The quantitative estimate of drug-likeness (QED) is 0.878. The highest BCUT2D eigenvalue weighted by Crippen LogP contribution is 2.22. The fourth-order valence-corrected chi connectivity index (χ4v) is 3.05. The number of carboxylic acids is 1. The van der Waals surface area contributed by atoms with Crippen LogP contribution in [-0.4, -0.2) is 35.7 Å². The minimum Gasteiger partial charge on any atom is -0.480 e. The van der Waals surface area contributed by atoms with Crippen molar-refractivity contribution in [2.45, 2.75) is 24.8 Å². The SMILES string of the molecule is O=C(Cc1ccc(-c2ccccc2)cc1)NC1(C(=O)O)CCOCC1. The van der Waals surface area contributed by atoms with Crippen molar-refractivity contribution < 1.29 is 19.4 Å². The molecule has 0 atom stereocenters. The zero-order valence-electron chi connectivity index (χ0n) is 13.9. The topological polar surface area (TPSA) is 75.6 Å². The number of carbonyl (C=O) groups excluding carboxylic acids is 1. The summed E-state index contributed by atoms with van der Waals surface area (Å²) in [5.74, 6) is -1.28. The molecule has 0 spiro atoms. The van der Waals surface area contributed by atoms with Crippen molar-refractivity contribution in [1.82, 2.24) is 5.32 Å². The molecule has 5 heteroatoms. The summed E-state index contributed by atoms with van der Waals surface area (Å²) >= 11 is 0. The van der Waals surface area contributed by atoms with Crippen molar-refractivity contribution in [3.63, 3.8) is 0 Å². The molecular weight excluding hydrogens is 318 g/mol. The van der Waals surface area contributed by atoms with Gasteiger partial charge in [0.25, 0.3) is 0 Å². The molecule has 1 aliphatic heterocycles. The lowest BCUT2D eigenvalue weighted by Gasteiger charge is -2.33. The van der Waals surface area contributed by atoms with Crippen LogP contribution in [0.25, 0.3) is 11.1 Å². The molecule has 0 aromatic heterocycles. The molecule has 1 amide bonds. The van der Waals surface area contributed by atoms with Gasteiger partial charge in [-0.1, -0.05) is 54.6 Å². The van der Waals surface area contributed by atoms with E-state index in [0.29, 0.717) is 26.1 Å². The van der Waals surface area contributed by atoms with Crippen molar-refractivity contribution in [3.05, 3.63) is 60.2 Å². The average Bonchev–Trinajstić information content (AvgIpc) is 2.63. The third-order valence-corrected chi connectivity index (χ3v) is 4.56. The number of nitrogens with one attached hydrogen (secondary N) is 1. The van der Waals surface area contributed by atoms with E-state index in [-0.39, 0.29) is 12.3 Å². The Morgan fingerprint density at radius 2 is 1.56 bits per heavy atom. The van der Waals surface area contributed by atoms with Crippen LogP contribution < -0.4 is 5.32 Å². The van der Waals surface area contributed by atoms with E-state index in [1.165, 1.54) is 0 Å². The van der Waals surface area contributed by atoms with Crippen LogP contribution in [-0.2, 0) is 20.7 Å². The highest BCUT2D eigenvalue weighted by atomic mass is 16.5. The molecule has 1 fully saturated rings. The first-order valence-corrected chi connectivity index (χ1v) is 8.36. The number of carbonyl (C=O) groups is 2. The van der Waals surface area contributed by atoms with Gasteiger partial charge in [0, 0.05) is 26.1 Å². The fraction of sp³-hybridized carbons (Fsp3) is 0.300. The standard InChI is InChI=1S/C20H21NO4/c22-18(21-20(19(23)24)10-12-25-13-11-20)14-15-6-8-17(9-7-15)16-4-2-1-3-5-16/h1-9H,10-14H2,(H,21,22)(H,23,24). The second-order valence-electron chi connectivity index (χ2n) is 6.29. The van der Waals surface area contributed by atoms with Gasteiger partial charge in [0.15, 0.2) is 0 Å². The molecular formula is C20H21NO4. The Morgan fingerprint density at radius 3 is 2.16 bits per heavy atom. The highest BCUT2D eigenvalue weighted by molar-refractivity contribution is 5.88. The molecule has 5 nitrogen and oxygen atoms in total. The van der Waals surface area contributed by atoms with E-state index in [4.69, 9.17) is 4.74 Å². The third-order valence-electron chi connectivity index (χ3n) is 4.56. The zero-order chi connectivity index (χ0) is 17.7. The second kappa shape index (κ2) is 7.49. The molecule has 0 bridgehead atoms. The van der Waals surface area contributed by atoms with Crippen molar-refractivity contribution in [1.29, 1.82) is 0 Å². The molecule has 0 saturated carbocycles. The lowest BCUT2D eigenvalue weighted by molar-refractivity contribution is -0.152. The molecule has 130 valence electrons. The molecule has 2 N–H and O–H groups in total. The molecule has 2 aromatic rings. The van der Waals surface area contributed by atoms with Crippen molar-refractivity contribution in [2.24, 2.45) is 0 Å². The largest absolute Gasteiger partial charge is 0.480 e. The van der Waals surface area contributed by atoms with Crippen LogP contribution in [0.15, 0.2) is 54.6 Å². The number of benzene rings is 2. The van der Waals surface area contributed by atoms with Crippen molar-refractivity contribution >= 4 is 11.9 Å². The minimum atomic E-state index is -1.21. The Kier molecular flexibility index (Phi) is 5.14. The molecule has 0 aliphatic carbocycles. The van der Waals surface area contributed by atoms with Crippen LogP contribution in [0, 0.1) is 0 Å². The van der Waals surface area contributed by atoms with Gasteiger partial charge in [0.05, 0.1) is 6.42 Å². The molecule has 1 saturated heterocycles. The molecule has 0 radical (unpaired) electrons. The van der Waals surface area contributed by atoms with E-state index in [9.17, 15) is 14.7 Å². The Hall–Kier alpha value is -2.66. The Labute approximate surface area is 146 Å². The van der Waals surface area contributed by atoms with Gasteiger partial charge in [-0.2, -0.15) is 0 Å². The molecule has 2 aromatic carbocycles. The molecule has 0 unspecified atom stereocenters. The summed E-state index contributed by atoms with van der Waals surface area (Å²) in [7, 11) is 0. The maximum Gasteiger partial charge on any atom is 0.329 e. The highest BCUT2D eigenvalue weighted by Gasteiger charge is 2.41. The smallest absolute Gasteiger partial charge is 0.329 e. The van der Waals surface area contributed by atoms with Crippen LogP contribution in [0.5, 0.6) is 0 Å². The first-order valence-electron chi connectivity index (χ1n) is 8.36. The first kappa shape index (κ1) is 17.2. The number of hydrogen-bond acceptors (Lipinski definition) is 3. The van der Waals surface area contributed by atoms with Gasteiger partial charge in [-0.25, -0.2) is 4.79 Å². The summed E-state index contributed by atoms with van der Waals surface area (Å²) in [6.07, 6.45) is 0.743. The Balaban J connectivity index is 1.65. The summed E-state index contributed by atoms with van der Waals surface area (Å²) in [6, 6.07) is 17.7. The first-order chi connectivity index (χ1) is 12.1. The molecule has 25 heavy (non-hydrogen) atoms. The van der Waals surface area contributed by atoms with Crippen LogP contribution in [0.2, 0.25) is 0 Å². The van der Waals surface area contributed by atoms with Gasteiger partial charge in [-0.15, -0.1) is 0 Å². The number of amides is 1. The van der Waals surface area contributed by atoms with Crippen LogP contribution >= 0.6 is 0 Å². The van der Waals surface area contributed by atoms with E-state index >= 15 is 0 Å². The molecule has 1 heterocycles. The van der Waals surface area contributed by atoms with Gasteiger partial charge in [-0.05, 0) is 16.7 Å². The van der Waals surface area contributed by atoms with E-state index in [0.717, 1.165) is 16.7 Å². The van der Waals surface area contributed by atoms with Gasteiger partial charge in [0.2, 0.25) is 5.91 Å². The van der Waals surface area contributed by atoms with Crippen molar-refractivity contribution in [3.8, 4) is 11.1 Å². The lowest BCUT2D eigenvalue weighted by Crippen LogP contribution is -2.57. The van der Waals surface area contributed by atoms with Gasteiger partial charge in [0.1, 0.15) is 5.54 Å². The average molecular weight is 339 g/mol. The summed E-state index contributed by atoms with van der Waals surface area (Å²) < 4.78 is 5.22. The maximum atomic E-state index is 12.3. The lowest BCUT2D eigenvalue weighted by atomic mass is 9.89. The molecule has 3 rings (SSSR count). The van der Waals surface area contributed by atoms with Gasteiger partial charge >= 0.3 is 5.97 Å². The van der Waals surface area contributed by atoms with Crippen LogP contribution in [0.4, 0.5) is 0 Å². The number of carboxylic acid groups (broad SMARTS) is 1. The normalized spacial score (nSPS) is 16.2. The van der Waals surface area contributed by atoms with E-state index in [1.807, 2.05) is 54.6 Å². The summed E-state index contributed by atoms with van der Waals surface area (Å²) in [4.78, 5) is 23.9. The van der Waals surface area contributed by atoms with Crippen LogP contribution in [0.3, 0.4) is 0 Å². The van der Waals surface area contributed by atoms with Crippen LogP contribution in [0.1, 0.15) is 18.4 Å². The van der Waals surface area contributed by atoms with E-state index in [1.54, 1.807) is 0 Å². The second-order valence-corrected chi connectivity index (χ2v) is 6.29. The predicted octanol–water partition coefficient (Wildman–Crippen LogP) is 2.65. The number of rotatable bonds is 5. The van der Waals surface area contributed by atoms with E-state index in [2.05, 4.69) is 5.32 Å². The monoisotopic (exact) mass is 339 g/mol. The maximum absolute atomic E-state index is 12.3. The Morgan fingerprint density at radius 1 is 0.960 bits per heavy atom. The number of ether oxygens (including phenoxy) is 1. The summed E-state index contributed by atoms with van der Waals surface area (Å²) in [6.45, 7) is 0.691. The predicted molar refractivity (Wildman–Crippen MR) is 94.1 cm³/mol. The minimum absolute atomic E-state index is 0.158. The van der Waals surface area contributed by atoms with Gasteiger partial charge < -0.3 is 15.2 Å². The zero-order valence-corrected chi connectivity index (χ0v) is 13.9. The number of hydrogen-bond donors (Lipinski definition) is 2. The molecule has 1 aliphatic rings. The summed E-state index contributed by atoms with van der Waals surface area (Å²) in [5.41, 5.74) is 1.84. The Bertz CT molecular complexity index is 734. The third kappa shape index (κ3) is 4.06. The fourth-order valence-electron chi connectivity index (χ4n) is 3.05. The van der Waals surface area contributed by atoms with E-state index < -0.39 is 11.5 Å².